The lowest BCUT2D eigenvalue weighted by Gasteiger charge is -1.93. The molecule has 3 N–H and O–H groups in total. The monoisotopic (exact) mass is 139 g/mol. The summed E-state index contributed by atoms with van der Waals surface area (Å²) >= 11 is 0. The lowest BCUT2D eigenvalue weighted by molar-refractivity contribution is 0.899. The second kappa shape index (κ2) is 2.51. The van der Waals surface area contributed by atoms with Gasteiger partial charge in [-0.15, -0.1) is 0 Å². The molecule has 0 radical (unpaired) electrons. The van der Waals surface area contributed by atoms with Gasteiger partial charge in [0.15, 0.2) is 0 Å². The van der Waals surface area contributed by atoms with Gasteiger partial charge in [0.2, 0.25) is 0 Å². The Hall–Kier alpha value is -1.32. The summed E-state index contributed by atoms with van der Waals surface area (Å²) < 4.78 is 0. The number of hydrogen-bond donors (Lipinski definition) is 2. The van der Waals surface area contributed by atoms with Gasteiger partial charge in [-0.2, -0.15) is 5.10 Å². The second-order valence-electron chi connectivity index (χ2n) is 2.00. The fraction of sp³-hybridized carbons (Fsp3) is 0.333. The molecule has 54 valence electrons. The Morgan fingerprint density at radius 3 is 3.00 bits per heavy atom. The van der Waals surface area contributed by atoms with Crippen molar-refractivity contribution in [3.8, 4) is 0 Å². The summed E-state index contributed by atoms with van der Waals surface area (Å²) in [4.78, 5) is 10.6. The van der Waals surface area contributed by atoms with Gasteiger partial charge >= 0.3 is 0 Å². The molecule has 4 heteroatoms. The first kappa shape index (κ1) is 6.80. The molecule has 0 saturated heterocycles. The first-order valence-corrected chi connectivity index (χ1v) is 3.08. The standard InChI is InChI=1S/C6H9N3O/c1-2-4-3-5(7)6(10)9-8-4/h3H,2H2,1H3,(H2,7,8)(H,9,10). The lowest BCUT2D eigenvalue weighted by atomic mass is 10.3. The molecule has 0 saturated carbocycles. The van der Waals surface area contributed by atoms with Crippen molar-refractivity contribution in [2.75, 3.05) is 5.73 Å². The van der Waals surface area contributed by atoms with E-state index in [0.717, 1.165) is 12.1 Å². The molecule has 0 aliphatic heterocycles. The third-order valence-electron chi connectivity index (χ3n) is 1.25. The maximum Gasteiger partial charge on any atom is 0.287 e. The third-order valence-corrected chi connectivity index (χ3v) is 1.25. The fourth-order valence-corrected chi connectivity index (χ4v) is 0.646. The highest BCUT2D eigenvalue weighted by atomic mass is 16.1. The van der Waals surface area contributed by atoms with Gasteiger partial charge in [-0.3, -0.25) is 4.79 Å². The van der Waals surface area contributed by atoms with E-state index in [0.29, 0.717) is 0 Å². The van der Waals surface area contributed by atoms with Gasteiger partial charge in [0, 0.05) is 0 Å². The van der Waals surface area contributed by atoms with Gasteiger partial charge in [0.1, 0.15) is 5.69 Å². The average molecular weight is 139 g/mol. The van der Waals surface area contributed by atoms with Crippen molar-refractivity contribution in [2.24, 2.45) is 0 Å². The predicted molar refractivity (Wildman–Crippen MR) is 38.6 cm³/mol. The van der Waals surface area contributed by atoms with Crippen molar-refractivity contribution in [1.29, 1.82) is 0 Å². The largest absolute Gasteiger partial charge is 0.394 e. The summed E-state index contributed by atoms with van der Waals surface area (Å²) in [6.45, 7) is 1.94. The Morgan fingerprint density at radius 2 is 2.50 bits per heavy atom. The van der Waals surface area contributed by atoms with Crippen LogP contribution < -0.4 is 11.3 Å². The number of anilines is 1. The SMILES string of the molecule is CCc1cc(N)c(=O)[nH]n1. The smallest absolute Gasteiger partial charge is 0.287 e. The molecule has 0 fully saturated rings. The number of nitrogens with one attached hydrogen (secondary N) is 1. The van der Waals surface area contributed by atoms with Crippen LogP contribution in [0.2, 0.25) is 0 Å². The molecular weight excluding hydrogens is 130 g/mol. The Bertz CT molecular complexity index is 279. The Morgan fingerprint density at radius 1 is 1.80 bits per heavy atom. The number of aromatic amines is 1. The molecule has 1 aromatic heterocycles. The summed E-state index contributed by atoms with van der Waals surface area (Å²) in [7, 11) is 0. The van der Waals surface area contributed by atoms with Crippen LogP contribution in [0.5, 0.6) is 0 Å². The van der Waals surface area contributed by atoms with E-state index in [-0.39, 0.29) is 11.2 Å². The van der Waals surface area contributed by atoms with Gasteiger partial charge in [-0.05, 0) is 12.5 Å². The summed E-state index contributed by atoms with van der Waals surface area (Å²) in [6.07, 6.45) is 0.779. The number of nitrogen functional groups attached to an aromatic ring is 1. The Kier molecular flexibility index (Phi) is 1.71. The molecule has 1 heterocycles. The zero-order chi connectivity index (χ0) is 7.56. The molecular formula is C6H9N3O. The van der Waals surface area contributed by atoms with Gasteiger partial charge in [-0.1, -0.05) is 6.92 Å². The highest BCUT2D eigenvalue weighted by Gasteiger charge is 1.94. The molecule has 0 bridgehead atoms. The topological polar surface area (TPSA) is 71.8 Å². The number of aromatic nitrogens is 2. The molecule has 0 atom stereocenters. The molecule has 0 amide bonds. The van der Waals surface area contributed by atoms with Gasteiger partial charge in [0.05, 0.1) is 5.69 Å². The first-order valence-electron chi connectivity index (χ1n) is 3.08. The van der Waals surface area contributed by atoms with Crippen LogP contribution in [0, 0.1) is 0 Å². The van der Waals surface area contributed by atoms with Gasteiger partial charge < -0.3 is 5.73 Å². The first-order chi connectivity index (χ1) is 4.74. The molecule has 10 heavy (non-hydrogen) atoms. The van der Waals surface area contributed by atoms with Gasteiger partial charge in [0.25, 0.3) is 5.56 Å². The molecule has 0 aliphatic rings. The zero-order valence-corrected chi connectivity index (χ0v) is 5.72. The molecule has 0 aromatic carbocycles. The van der Waals surface area contributed by atoms with E-state index in [9.17, 15) is 4.79 Å². The molecule has 0 unspecified atom stereocenters. The molecule has 0 aliphatic carbocycles. The van der Waals surface area contributed by atoms with Crippen LogP contribution in [0.4, 0.5) is 5.69 Å². The van der Waals surface area contributed by atoms with E-state index in [2.05, 4.69) is 10.2 Å². The molecule has 4 nitrogen and oxygen atoms in total. The van der Waals surface area contributed by atoms with Crippen LogP contribution in [0.25, 0.3) is 0 Å². The number of nitrogens with zero attached hydrogens (tertiary/aromatic N) is 1. The Labute approximate surface area is 58.1 Å². The van der Waals surface area contributed by atoms with Crippen LogP contribution >= 0.6 is 0 Å². The number of hydrogen-bond acceptors (Lipinski definition) is 3. The maximum atomic E-state index is 10.6. The average Bonchev–Trinajstić information content (AvgIpc) is 1.95. The third kappa shape index (κ3) is 1.15. The zero-order valence-electron chi connectivity index (χ0n) is 5.72. The van der Waals surface area contributed by atoms with Crippen LogP contribution in [-0.2, 0) is 6.42 Å². The van der Waals surface area contributed by atoms with Crippen LogP contribution in [0.3, 0.4) is 0 Å². The highest BCUT2D eigenvalue weighted by Crippen LogP contribution is 1.95. The molecule has 0 spiro atoms. The van der Waals surface area contributed by atoms with Crippen molar-refractivity contribution in [3.05, 3.63) is 22.1 Å². The van der Waals surface area contributed by atoms with Crippen LogP contribution in [0.1, 0.15) is 12.6 Å². The summed E-state index contributed by atoms with van der Waals surface area (Å²) in [5.41, 5.74) is 6.02. The minimum atomic E-state index is -0.322. The van der Waals surface area contributed by atoms with E-state index in [4.69, 9.17) is 5.73 Å². The molecule has 1 rings (SSSR count). The van der Waals surface area contributed by atoms with E-state index in [1.165, 1.54) is 0 Å². The minimum absolute atomic E-state index is 0.229. The van der Waals surface area contributed by atoms with E-state index >= 15 is 0 Å². The Balaban J connectivity index is 3.17. The van der Waals surface area contributed by atoms with Gasteiger partial charge in [-0.25, -0.2) is 5.10 Å². The van der Waals surface area contributed by atoms with Crippen molar-refractivity contribution < 1.29 is 0 Å². The highest BCUT2D eigenvalue weighted by molar-refractivity contribution is 5.34. The summed E-state index contributed by atoms with van der Waals surface area (Å²) in [5, 5.41) is 6.03. The van der Waals surface area contributed by atoms with Crippen molar-refractivity contribution in [3.63, 3.8) is 0 Å². The fourth-order valence-electron chi connectivity index (χ4n) is 0.646. The summed E-state index contributed by atoms with van der Waals surface area (Å²) in [5.74, 6) is 0. The quantitative estimate of drug-likeness (QED) is 0.571. The van der Waals surface area contributed by atoms with Crippen LogP contribution in [-0.4, -0.2) is 10.2 Å². The maximum absolute atomic E-state index is 10.6. The van der Waals surface area contributed by atoms with Crippen molar-refractivity contribution in [1.82, 2.24) is 10.2 Å². The van der Waals surface area contributed by atoms with Crippen molar-refractivity contribution in [2.45, 2.75) is 13.3 Å². The van der Waals surface area contributed by atoms with Crippen LogP contribution in [0.15, 0.2) is 10.9 Å². The number of nitrogens with two attached hydrogens (primary N) is 1. The lowest BCUT2D eigenvalue weighted by Crippen LogP contribution is -2.14. The van der Waals surface area contributed by atoms with Crippen molar-refractivity contribution >= 4 is 5.69 Å². The van der Waals surface area contributed by atoms with E-state index < -0.39 is 0 Å². The second-order valence-corrected chi connectivity index (χ2v) is 2.00. The number of H-pyrrole nitrogens is 1. The summed E-state index contributed by atoms with van der Waals surface area (Å²) in [6, 6.07) is 1.58. The minimum Gasteiger partial charge on any atom is -0.394 e. The molecule has 1 aromatic rings. The number of rotatable bonds is 1. The predicted octanol–water partition coefficient (Wildman–Crippen LogP) is -0.0855. The normalized spacial score (nSPS) is 9.70. The number of aryl methyl sites for hydroxylation is 1. The van der Waals surface area contributed by atoms with E-state index in [1.54, 1.807) is 6.07 Å². The van der Waals surface area contributed by atoms with E-state index in [1.807, 2.05) is 6.92 Å².